The number of carboxylic acids is 1. The number of esters is 1. The Hall–Kier alpha value is -2.60. The standard InChI is InChI=1S/C37H50O6/c1-23-7-6-18-36(32(41)42)21-22-37(43-30(40)15-10-24-8-11-25(38)12-9-24)26(31(23)36)13-14-28-34(4)19-17-29(39)33(2,3)27(34)16-20-35(28,37)5/h8-13,15,23,27-29,31,38-39H,6-7,14,16-22H2,1-5H3,(H,41,42). The van der Waals surface area contributed by atoms with Gasteiger partial charge in [-0.3, -0.25) is 4.79 Å². The lowest BCUT2D eigenvalue weighted by atomic mass is 9.35. The van der Waals surface area contributed by atoms with Crippen molar-refractivity contribution in [3.05, 3.63) is 47.6 Å². The summed E-state index contributed by atoms with van der Waals surface area (Å²) in [5.41, 5.74) is -0.420. The van der Waals surface area contributed by atoms with Crippen molar-refractivity contribution in [2.75, 3.05) is 0 Å². The molecule has 6 nitrogen and oxygen atoms in total. The second kappa shape index (κ2) is 10.2. The number of carbonyl (C=O) groups is 2. The number of aliphatic hydroxyl groups is 1. The topological polar surface area (TPSA) is 104 Å². The van der Waals surface area contributed by atoms with Gasteiger partial charge in [-0.25, -0.2) is 4.79 Å². The highest BCUT2D eigenvalue weighted by atomic mass is 16.6. The van der Waals surface area contributed by atoms with E-state index in [9.17, 15) is 24.9 Å². The van der Waals surface area contributed by atoms with Crippen molar-refractivity contribution in [2.24, 2.45) is 45.3 Å². The highest BCUT2D eigenvalue weighted by molar-refractivity contribution is 5.88. The van der Waals surface area contributed by atoms with Gasteiger partial charge in [0.25, 0.3) is 0 Å². The van der Waals surface area contributed by atoms with Crippen LogP contribution in [0.3, 0.4) is 0 Å². The number of benzene rings is 1. The van der Waals surface area contributed by atoms with Gasteiger partial charge >= 0.3 is 11.9 Å². The Morgan fingerprint density at radius 2 is 1.65 bits per heavy atom. The summed E-state index contributed by atoms with van der Waals surface area (Å²) in [6.07, 6.45) is 13.2. The molecule has 0 amide bonds. The normalized spacial score (nSPS) is 43.4. The van der Waals surface area contributed by atoms with E-state index < -0.39 is 23.0 Å². The van der Waals surface area contributed by atoms with Crippen molar-refractivity contribution < 1.29 is 29.6 Å². The Kier molecular flexibility index (Phi) is 7.23. The molecular weight excluding hydrogens is 540 g/mol. The number of ether oxygens (including phenoxy) is 1. The average molecular weight is 591 g/mol. The van der Waals surface area contributed by atoms with Crippen LogP contribution in [0.2, 0.25) is 0 Å². The number of hydrogen-bond acceptors (Lipinski definition) is 5. The summed E-state index contributed by atoms with van der Waals surface area (Å²) in [6, 6.07) is 6.70. The first-order valence-electron chi connectivity index (χ1n) is 16.5. The number of allylic oxidation sites excluding steroid dienone is 1. The molecule has 5 aliphatic rings. The maximum atomic E-state index is 13.8. The summed E-state index contributed by atoms with van der Waals surface area (Å²) >= 11 is 0. The first-order valence-corrected chi connectivity index (χ1v) is 16.5. The van der Waals surface area contributed by atoms with E-state index in [-0.39, 0.29) is 45.9 Å². The van der Waals surface area contributed by atoms with Gasteiger partial charge in [-0.2, -0.15) is 0 Å². The van der Waals surface area contributed by atoms with Gasteiger partial charge in [-0.05, 0) is 109 Å². The zero-order valence-electron chi connectivity index (χ0n) is 26.6. The number of phenols is 1. The van der Waals surface area contributed by atoms with Gasteiger partial charge in [0.1, 0.15) is 11.4 Å². The summed E-state index contributed by atoms with van der Waals surface area (Å²) in [4.78, 5) is 26.9. The Balaban J connectivity index is 1.46. The minimum atomic E-state index is -0.879. The summed E-state index contributed by atoms with van der Waals surface area (Å²) in [6.45, 7) is 11.4. The molecule has 5 aliphatic carbocycles. The second-order valence-corrected chi connectivity index (χ2v) is 15.8. The summed E-state index contributed by atoms with van der Waals surface area (Å²) < 4.78 is 6.84. The maximum Gasteiger partial charge on any atom is 0.331 e. The number of aromatic hydroxyl groups is 1. The largest absolute Gasteiger partial charge is 0.508 e. The predicted molar refractivity (Wildman–Crippen MR) is 166 cm³/mol. The average Bonchev–Trinajstić information content (AvgIpc) is 2.95. The van der Waals surface area contributed by atoms with Crippen LogP contribution in [0.4, 0.5) is 0 Å². The number of hydrogen-bond donors (Lipinski definition) is 3. The van der Waals surface area contributed by atoms with Gasteiger partial charge in [0.05, 0.1) is 11.5 Å². The third-order valence-corrected chi connectivity index (χ3v) is 13.7. The lowest BCUT2D eigenvalue weighted by Crippen LogP contribution is -2.69. The predicted octanol–water partition coefficient (Wildman–Crippen LogP) is 7.54. The fourth-order valence-corrected chi connectivity index (χ4v) is 11.5. The molecule has 6 rings (SSSR count). The van der Waals surface area contributed by atoms with Gasteiger partial charge in [0, 0.05) is 17.4 Å². The molecule has 43 heavy (non-hydrogen) atoms. The number of rotatable bonds is 4. The van der Waals surface area contributed by atoms with E-state index in [0.717, 1.165) is 56.1 Å². The van der Waals surface area contributed by atoms with Crippen molar-refractivity contribution in [3.8, 4) is 5.75 Å². The first-order chi connectivity index (χ1) is 20.2. The van der Waals surface area contributed by atoms with E-state index in [0.29, 0.717) is 25.2 Å². The van der Waals surface area contributed by atoms with Gasteiger partial charge in [-0.1, -0.05) is 65.7 Å². The van der Waals surface area contributed by atoms with Crippen LogP contribution in [-0.2, 0) is 14.3 Å². The molecule has 0 spiro atoms. The molecule has 0 heterocycles. The molecule has 6 heteroatoms. The van der Waals surface area contributed by atoms with Crippen molar-refractivity contribution >= 4 is 18.0 Å². The highest BCUT2D eigenvalue weighted by Gasteiger charge is 2.72. The molecular formula is C37H50O6. The van der Waals surface area contributed by atoms with E-state index in [1.54, 1.807) is 30.3 Å². The zero-order valence-corrected chi connectivity index (χ0v) is 26.6. The fraction of sp³-hybridized carbons (Fsp3) is 0.676. The zero-order chi connectivity index (χ0) is 31.0. The van der Waals surface area contributed by atoms with Gasteiger partial charge in [-0.15, -0.1) is 0 Å². The van der Waals surface area contributed by atoms with Gasteiger partial charge in [0.15, 0.2) is 0 Å². The van der Waals surface area contributed by atoms with Crippen LogP contribution in [0.15, 0.2) is 42.0 Å². The highest BCUT2D eigenvalue weighted by Crippen LogP contribution is 2.73. The second-order valence-electron chi connectivity index (χ2n) is 15.8. The van der Waals surface area contributed by atoms with Gasteiger partial charge in [0.2, 0.25) is 0 Å². The van der Waals surface area contributed by atoms with Crippen molar-refractivity contribution in [1.29, 1.82) is 0 Å². The Labute approximate surface area is 256 Å². The fourth-order valence-electron chi connectivity index (χ4n) is 11.5. The number of phenolic OH excluding ortho intramolecular Hbond substituents is 1. The number of carboxylic acid groups (broad SMARTS) is 1. The molecule has 4 saturated carbocycles. The number of carbonyl (C=O) groups excluding carboxylic acids is 1. The Morgan fingerprint density at radius 1 is 0.930 bits per heavy atom. The van der Waals surface area contributed by atoms with E-state index in [1.165, 1.54) is 6.08 Å². The third-order valence-electron chi connectivity index (χ3n) is 13.7. The molecule has 0 saturated heterocycles. The third kappa shape index (κ3) is 4.29. The lowest BCUT2D eigenvalue weighted by Gasteiger charge is -2.70. The van der Waals surface area contributed by atoms with Crippen LogP contribution in [-0.4, -0.2) is 39.0 Å². The summed E-state index contributed by atoms with van der Waals surface area (Å²) in [7, 11) is 0. The SMILES string of the molecule is CC1CCCC2(C(=O)O)CCC3(OC(=O)C=Cc4ccc(O)cc4)C(=CCC4C5(C)CCC(O)C(C)(C)C5CCC43C)C12. The molecule has 234 valence electrons. The van der Waals surface area contributed by atoms with Crippen LogP contribution in [0.25, 0.3) is 6.08 Å². The van der Waals surface area contributed by atoms with Crippen LogP contribution >= 0.6 is 0 Å². The molecule has 4 fully saturated rings. The molecule has 9 atom stereocenters. The lowest BCUT2D eigenvalue weighted by molar-refractivity contribution is -0.237. The monoisotopic (exact) mass is 590 g/mol. The summed E-state index contributed by atoms with van der Waals surface area (Å²) in [5, 5.41) is 31.4. The number of aliphatic carboxylic acids is 1. The quantitative estimate of drug-likeness (QED) is 0.190. The smallest absolute Gasteiger partial charge is 0.331 e. The Bertz CT molecular complexity index is 1340. The van der Waals surface area contributed by atoms with Crippen LogP contribution in [0.1, 0.15) is 104 Å². The molecule has 0 radical (unpaired) electrons. The van der Waals surface area contributed by atoms with E-state index in [4.69, 9.17) is 4.74 Å². The molecule has 0 aliphatic heterocycles. The maximum absolute atomic E-state index is 13.8. The van der Waals surface area contributed by atoms with Crippen LogP contribution in [0, 0.1) is 45.3 Å². The minimum Gasteiger partial charge on any atom is -0.508 e. The molecule has 3 N–H and O–H groups in total. The van der Waals surface area contributed by atoms with Crippen molar-refractivity contribution in [2.45, 2.75) is 111 Å². The molecule has 0 bridgehead atoms. The van der Waals surface area contributed by atoms with Crippen LogP contribution < -0.4 is 0 Å². The van der Waals surface area contributed by atoms with Crippen molar-refractivity contribution in [1.82, 2.24) is 0 Å². The van der Waals surface area contributed by atoms with E-state index in [2.05, 4.69) is 40.7 Å². The Morgan fingerprint density at radius 3 is 2.35 bits per heavy atom. The van der Waals surface area contributed by atoms with Gasteiger partial charge < -0.3 is 20.1 Å². The first kappa shape index (κ1) is 30.4. The molecule has 0 aromatic heterocycles. The van der Waals surface area contributed by atoms with E-state index in [1.807, 2.05) is 0 Å². The molecule has 1 aromatic carbocycles. The number of fused-ring (bicyclic) bond motifs is 7. The van der Waals surface area contributed by atoms with E-state index >= 15 is 0 Å². The molecule has 9 unspecified atom stereocenters. The van der Waals surface area contributed by atoms with Crippen molar-refractivity contribution in [3.63, 3.8) is 0 Å². The summed E-state index contributed by atoms with van der Waals surface area (Å²) in [5.74, 6) is -0.301. The number of aliphatic hydroxyl groups excluding tert-OH is 1. The van der Waals surface area contributed by atoms with Crippen LogP contribution in [0.5, 0.6) is 5.75 Å². The minimum absolute atomic E-state index is 0.0292. The molecule has 1 aromatic rings.